The lowest BCUT2D eigenvalue weighted by Gasteiger charge is -2.35. The number of hydrogen-bond acceptors (Lipinski definition) is 1. The zero-order valence-corrected chi connectivity index (χ0v) is 33.4. The van der Waals surface area contributed by atoms with Crippen LogP contribution in [0.1, 0.15) is 0 Å². The lowest BCUT2D eigenvalue weighted by molar-refractivity contribution is 1.17. The fourth-order valence-corrected chi connectivity index (χ4v) is 16.1. The Bertz CT molecular complexity index is 3410. The van der Waals surface area contributed by atoms with Crippen LogP contribution in [0.2, 0.25) is 0 Å². The molecular formula is C54H36N2SSi. The summed E-state index contributed by atoms with van der Waals surface area (Å²) in [5, 5.41) is 13.3. The molecule has 58 heavy (non-hydrogen) atoms. The van der Waals surface area contributed by atoms with E-state index in [1.54, 1.807) is 0 Å². The third-order valence-electron chi connectivity index (χ3n) is 12.3. The van der Waals surface area contributed by atoms with Crippen LogP contribution in [0.5, 0.6) is 0 Å². The van der Waals surface area contributed by atoms with Gasteiger partial charge in [0.15, 0.2) is 8.07 Å². The molecule has 0 fully saturated rings. The van der Waals surface area contributed by atoms with Crippen LogP contribution in [0.15, 0.2) is 218 Å². The normalized spacial score (nSPS) is 12.1. The summed E-state index contributed by atoms with van der Waals surface area (Å²) in [7, 11) is -2.85. The maximum absolute atomic E-state index is 2.85. The smallest absolute Gasteiger partial charge is 0.180 e. The Hall–Kier alpha value is -6.98. The van der Waals surface area contributed by atoms with Gasteiger partial charge in [-0.2, -0.15) is 0 Å². The maximum atomic E-state index is 2.45. The molecule has 0 spiro atoms. The second-order valence-electron chi connectivity index (χ2n) is 15.2. The number of hydrogen-bond donors (Lipinski definition) is 0. The standard InChI is InChI=1S/C54H36N2SSi/c1-3-16-39(17-4-1)58(40-18-5-2-6-19-40,53-29-15-28-52-54(53)45-23-10-14-27-51(45)57-52)41-33-30-37(31-34-41)55-49-26-13-9-22-44(49)46-36-38(32-35-50(46)55)56-47-24-11-7-20-42(47)43-21-8-12-25-48(43)56/h1-36H. The summed E-state index contributed by atoms with van der Waals surface area (Å²) in [6, 6.07) is 81.5. The molecule has 0 saturated heterocycles. The van der Waals surface area contributed by atoms with E-state index in [0.29, 0.717) is 0 Å². The number of thiophene rings is 1. The minimum absolute atomic E-state index is 1.16. The zero-order chi connectivity index (χ0) is 38.2. The third-order valence-corrected chi connectivity index (χ3v) is 18.2. The predicted octanol–water partition coefficient (Wildman–Crippen LogP) is 11.6. The molecule has 0 aliphatic carbocycles. The minimum atomic E-state index is -2.85. The van der Waals surface area contributed by atoms with Gasteiger partial charge in [0.1, 0.15) is 0 Å². The van der Waals surface area contributed by atoms with Crippen LogP contribution >= 0.6 is 11.3 Å². The van der Waals surface area contributed by atoms with Gasteiger partial charge < -0.3 is 9.13 Å². The highest BCUT2D eigenvalue weighted by Gasteiger charge is 2.43. The molecule has 2 nitrogen and oxygen atoms in total. The van der Waals surface area contributed by atoms with E-state index in [1.807, 2.05) is 11.3 Å². The van der Waals surface area contributed by atoms with Gasteiger partial charge in [0.05, 0.1) is 22.1 Å². The minimum Gasteiger partial charge on any atom is -0.309 e. The number of rotatable bonds is 6. The number of aromatic nitrogens is 2. The van der Waals surface area contributed by atoms with E-state index in [9.17, 15) is 0 Å². The van der Waals surface area contributed by atoms with Gasteiger partial charge >= 0.3 is 0 Å². The molecule has 0 saturated carbocycles. The third kappa shape index (κ3) is 4.76. The summed E-state index contributed by atoms with van der Waals surface area (Å²) >= 11 is 1.90. The summed E-state index contributed by atoms with van der Waals surface area (Å²) in [5.74, 6) is 0. The Labute approximate surface area is 341 Å². The van der Waals surface area contributed by atoms with Crippen LogP contribution in [0.3, 0.4) is 0 Å². The fourth-order valence-electron chi connectivity index (χ4n) is 9.87. The van der Waals surface area contributed by atoms with Crippen molar-refractivity contribution in [1.82, 2.24) is 9.13 Å². The van der Waals surface area contributed by atoms with Crippen molar-refractivity contribution in [2.24, 2.45) is 0 Å². The number of benzene rings is 9. The SMILES string of the molecule is c1ccc([Si](c2ccccc2)(c2ccc(-n3c4ccccc4c4cc(-n5c6ccccc6c6ccccc65)ccc43)cc2)c2cccc3sc4ccccc4c23)cc1. The molecule has 4 heteroatoms. The Morgan fingerprint density at radius 1 is 0.310 bits per heavy atom. The van der Waals surface area contributed by atoms with E-state index < -0.39 is 8.07 Å². The van der Waals surface area contributed by atoms with Crippen molar-refractivity contribution in [2.45, 2.75) is 0 Å². The number of fused-ring (bicyclic) bond motifs is 9. The molecule has 0 bridgehead atoms. The van der Waals surface area contributed by atoms with Gasteiger partial charge in [-0.15, -0.1) is 11.3 Å². The Morgan fingerprint density at radius 3 is 1.38 bits per heavy atom. The van der Waals surface area contributed by atoms with Crippen LogP contribution in [0.4, 0.5) is 0 Å². The average molecular weight is 773 g/mol. The lowest BCUT2D eigenvalue weighted by Crippen LogP contribution is -2.74. The summed E-state index contributed by atoms with van der Waals surface area (Å²) in [5.41, 5.74) is 7.16. The Kier molecular flexibility index (Phi) is 7.46. The Morgan fingerprint density at radius 2 is 0.759 bits per heavy atom. The van der Waals surface area contributed by atoms with Crippen molar-refractivity contribution in [3.05, 3.63) is 218 Å². The largest absolute Gasteiger partial charge is 0.309 e. The van der Waals surface area contributed by atoms with Crippen molar-refractivity contribution < 1.29 is 0 Å². The van der Waals surface area contributed by atoms with E-state index in [1.165, 1.54) is 90.2 Å². The van der Waals surface area contributed by atoms with Crippen molar-refractivity contribution >= 4 is 104 Å². The van der Waals surface area contributed by atoms with E-state index >= 15 is 0 Å². The van der Waals surface area contributed by atoms with Gasteiger partial charge in [-0.1, -0.05) is 158 Å². The lowest BCUT2D eigenvalue weighted by atomic mass is 10.1. The molecule has 0 radical (unpaired) electrons. The molecule has 272 valence electrons. The summed E-state index contributed by atoms with van der Waals surface area (Å²) < 4.78 is 7.53. The molecule has 12 rings (SSSR count). The maximum Gasteiger partial charge on any atom is 0.180 e. The first kappa shape index (κ1) is 33.2. The van der Waals surface area contributed by atoms with Crippen molar-refractivity contribution in [2.75, 3.05) is 0 Å². The molecule has 0 amide bonds. The van der Waals surface area contributed by atoms with Crippen LogP contribution in [-0.4, -0.2) is 17.2 Å². The molecule has 0 unspecified atom stereocenters. The fraction of sp³-hybridized carbons (Fsp3) is 0. The highest BCUT2D eigenvalue weighted by atomic mass is 32.1. The zero-order valence-electron chi connectivity index (χ0n) is 31.6. The van der Waals surface area contributed by atoms with Crippen LogP contribution in [-0.2, 0) is 0 Å². The molecule has 0 aliphatic rings. The molecule has 0 aliphatic heterocycles. The van der Waals surface area contributed by atoms with Gasteiger partial charge in [-0.25, -0.2) is 0 Å². The van der Waals surface area contributed by atoms with Crippen LogP contribution in [0, 0.1) is 0 Å². The van der Waals surface area contributed by atoms with E-state index in [-0.39, 0.29) is 0 Å². The quantitative estimate of drug-likeness (QED) is 0.118. The topological polar surface area (TPSA) is 9.86 Å². The van der Waals surface area contributed by atoms with Gasteiger partial charge in [0.25, 0.3) is 0 Å². The molecule has 12 aromatic rings. The first-order chi connectivity index (χ1) is 28.8. The number of para-hydroxylation sites is 3. The molecular weight excluding hydrogens is 737 g/mol. The summed E-state index contributed by atoms with van der Waals surface area (Å²) in [6.45, 7) is 0. The Balaban J connectivity index is 1.09. The second kappa shape index (κ2) is 13.0. The van der Waals surface area contributed by atoms with Crippen molar-refractivity contribution in [1.29, 1.82) is 0 Å². The van der Waals surface area contributed by atoms with Crippen molar-refractivity contribution in [3.63, 3.8) is 0 Å². The van der Waals surface area contributed by atoms with Gasteiger partial charge in [-0.05, 0) is 81.4 Å². The van der Waals surface area contributed by atoms with Crippen LogP contribution in [0.25, 0.3) is 75.2 Å². The highest BCUT2D eigenvalue weighted by molar-refractivity contribution is 7.27. The average Bonchev–Trinajstić information content (AvgIpc) is 3.96. The first-order valence-corrected chi connectivity index (χ1v) is 22.8. The van der Waals surface area contributed by atoms with Crippen LogP contribution < -0.4 is 20.7 Å². The summed E-state index contributed by atoms with van der Waals surface area (Å²) in [6.07, 6.45) is 0. The second-order valence-corrected chi connectivity index (χ2v) is 20.1. The van der Waals surface area contributed by atoms with Gasteiger partial charge in [-0.3, -0.25) is 0 Å². The molecule has 0 atom stereocenters. The number of nitrogens with zero attached hydrogens (tertiary/aromatic N) is 2. The van der Waals surface area contributed by atoms with Crippen molar-refractivity contribution in [3.8, 4) is 11.4 Å². The summed E-state index contributed by atoms with van der Waals surface area (Å²) in [4.78, 5) is 0. The molecule has 3 heterocycles. The van der Waals surface area contributed by atoms with E-state index in [2.05, 4.69) is 228 Å². The molecule has 0 N–H and O–H groups in total. The van der Waals surface area contributed by atoms with E-state index in [0.717, 1.165) is 5.69 Å². The van der Waals surface area contributed by atoms with Gasteiger partial charge in [0.2, 0.25) is 0 Å². The molecule has 9 aromatic carbocycles. The predicted molar refractivity (Wildman–Crippen MR) is 252 cm³/mol. The first-order valence-electron chi connectivity index (χ1n) is 19.9. The molecule has 3 aromatic heterocycles. The van der Waals surface area contributed by atoms with Gasteiger partial charge in [0, 0.05) is 53.1 Å². The highest BCUT2D eigenvalue weighted by Crippen LogP contribution is 2.37. The van der Waals surface area contributed by atoms with E-state index in [4.69, 9.17) is 0 Å². The monoisotopic (exact) mass is 772 g/mol.